The summed E-state index contributed by atoms with van der Waals surface area (Å²) in [6, 6.07) is 1.25. The lowest BCUT2D eigenvalue weighted by Crippen LogP contribution is -2.64. The average molecular weight is 455 g/mol. The summed E-state index contributed by atoms with van der Waals surface area (Å²) in [4.78, 5) is 63.8. The van der Waals surface area contributed by atoms with E-state index in [-0.39, 0.29) is 25.2 Å². The number of hydrogen-bond donors (Lipinski definition) is 2. The minimum absolute atomic E-state index is 0.180. The van der Waals surface area contributed by atoms with Gasteiger partial charge >= 0.3 is 17.9 Å². The Hall–Kier alpha value is -2.79. The van der Waals surface area contributed by atoms with Crippen LogP contribution in [0.4, 0.5) is 0 Å². The third-order valence-electron chi connectivity index (χ3n) is 5.25. The quantitative estimate of drug-likeness (QED) is 0.299. The molecule has 0 aliphatic carbocycles. The lowest BCUT2D eigenvalue weighted by atomic mass is 9.90. The topological polar surface area (TPSA) is 139 Å². The number of ketones is 1. The van der Waals surface area contributed by atoms with Gasteiger partial charge in [-0.1, -0.05) is 6.07 Å². The predicted molar refractivity (Wildman–Crippen MR) is 110 cm³/mol. The van der Waals surface area contributed by atoms with Gasteiger partial charge in [0.15, 0.2) is 5.78 Å². The summed E-state index contributed by atoms with van der Waals surface area (Å²) in [5.74, 6) is -3.99. The molecule has 170 valence electrons. The number of rotatable bonds is 10. The molecule has 1 aromatic rings. The van der Waals surface area contributed by atoms with Crippen molar-refractivity contribution in [3.8, 4) is 0 Å². The number of likely N-dealkylation sites (tertiary alicyclic amines) is 1. The Labute approximate surface area is 183 Å². The van der Waals surface area contributed by atoms with Crippen molar-refractivity contribution in [1.82, 2.24) is 10.2 Å². The maximum Gasteiger partial charge on any atom is 0.337 e. The van der Waals surface area contributed by atoms with Gasteiger partial charge in [-0.05, 0) is 37.6 Å². The van der Waals surface area contributed by atoms with Crippen LogP contribution >= 0.6 is 11.3 Å². The van der Waals surface area contributed by atoms with Gasteiger partial charge in [0, 0.05) is 13.0 Å². The van der Waals surface area contributed by atoms with Gasteiger partial charge in [0.1, 0.15) is 6.04 Å². The molecule has 0 radical (unpaired) electrons. The zero-order chi connectivity index (χ0) is 23.2. The highest BCUT2D eigenvalue weighted by molar-refractivity contribution is 7.12. The van der Waals surface area contributed by atoms with Crippen molar-refractivity contribution < 1.29 is 38.6 Å². The van der Waals surface area contributed by atoms with Gasteiger partial charge in [0.2, 0.25) is 11.4 Å². The number of methoxy groups -OCH3 is 2. The summed E-state index contributed by atoms with van der Waals surface area (Å²) in [6.07, 6.45) is 0.370. The van der Waals surface area contributed by atoms with Crippen LogP contribution in [0.25, 0.3) is 0 Å². The molecule has 0 aromatic carbocycles. The second-order valence-corrected chi connectivity index (χ2v) is 8.13. The summed E-state index contributed by atoms with van der Waals surface area (Å²) < 4.78 is 9.59. The Morgan fingerprint density at radius 2 is 1.90 bits per heavy atom. The Balaban J connectivity index is 2.27. The number of thiophene rings is 1. The van der Waals surface area contributed by atoms with Crippen LogP contribution in [-0.2, 0) is 28.7 Å². The lowest BCUT2D eigenvalue weighted by Gasteiger charge is -2.33. The van der Waals surface area contributed by atoms with E-state index in [0.717, 1.165) is 14.2 Å². The molecule has 2 heterocycles. The van der Waals surface area contributed by atoms with Gasteiger partial charge in [-0.2, -0.15) is 0 Å². The minimum Gasteiger partial charge on any atom is -0.480 e. The van der Waals surface area contributed by atoms with Crippen LogP contribution in [0.2, 0.25) is 0 Å². The maximum absolute atomic E-state index is 12.9. The number of esters is 2. The van der Waals surface area contributed by atoms with E-state index in [4.69, 9.17) is 9.47 Å². The fourth-order valence-corrected chi connectivity index (χ4v) is 4.35. The van der Waals surface area contributed by atoms with Crippen LogP contribution in [0.3, 0.4) is 0 Å². The largest absolute Gasteiger partial charge is 0.480 e. The van der Waals surface area contributed by atoms with Crippen LogP contribution in [0.15, 0.2) is 17.5 Å². The fraction of sp³-hybridized carbons (Fsp3) is 0.550. The molecule has 1 amide bonds. The van der Waals surface area contributed by atoms with Gasteiger partial charge in [-0.15, -0.1) is 11.3 Å². The van der Waals surface area contributed by atoms with Crippen molar-refractivity contribution >= 4 is 40.9 Å². The average Bonchev–Trinajstić information content (AvgIpc) is 3.46. The van der Waals surface area contributed by atoms with Gasteiger partial charge in [0.05, 0.1) is 25.1 Å². The van der Waals surface area contributed by atoms with Gasteiger partial charge in [-0.25, -0.2) is 14.4 Å². The Morgan fingerprint density at radius 1 is 1.26 bits per heavy atom. The first-order valence-electron chi connectivity index (χ1n) is 9.72. The Kier molecular flexibility index (Phi) is 8.28. The molecule has 31 heavy (non-hydrogen) atoms. The third kappa shape index (κ3) is 5.28. The summed E-state index contributed by atoms with van der Waals surface area (Å²) in [7, 11) is 2.16. The highest BCUT2D eigenvalue weighted by Crippen LogP contribution is 2.24. The van der Waals surface area contributed by atoms with Gasteiger partial charge in [0.25, 0.3) is 0 Å². The molecule has 0 spiro atoms. The number of Topliss-reactive ketones (excluding diaryl/α,β-unsaturated/α-hetero) is 1. The van der Waals surface area contributed by atoms with Crippen molar-refractivity contribution in [2.45, 2.75) is 50.2 Å². The minimum atomic E-state index is -2.11. The second kappa shape index (κ2) is 10.5. The van der Waals surface area contributed by atoms with Crippen molar-refractivity contribution in [2.24, 2.45) is 0 Å². The fourth-order valence-electron chi connectivity index (χ4n) is 3.65. The normalized spacial score (nSPS) is 17.1. The zero-order valence-electron chi connectivity index (χ0n) is 17.6. The highest BCUT2D eigenvalue weighted by Gasteiger charge is 2.51. The molecular formula is C20H26N2O8S. The van der Waals surface area contributed by atoms with E-state index >= 15 is 0 Å². The number of nitrogens with one attached hydrogen (secondary N) is 1. The highest BCUT2D eigenvalue weighted by atomic mass is 32.1. The van der Waals surface area contributed by atoms with E-state index in [2.05, 4.69) is 5.32 Å². The van der Waals surface area contributed by atoms with E-state index in [9.17, 15) is 29.1 Å². The lowest BCUT2D eigenvalue weighted by molar-refractivity contribution is -0.165. The van der Waals surface area contributed by atoms with Crippen molar-refractivity contribution in [1.29, 1.82) is 0 Å². The number of carbonyl (C=O) groups excluding carboxylic acids is 4. The molecule has 1 aromatic heterocycles. The molecule has 0 saturated carbocycles. The number of carboxylic acids is 1. The molecule has 2 N–H and O–H groups in total. The van der Waals surface area contributed by atoms with Crippen LogP contribution in [-0.4, -0.2) is 78.0 Å². The summed E-state index contributed by atoms with van der Waals surface area (Å²) in [5, 5.41) is 13.8. The molecule has 10 nitrogen and oxygen atoms in total. The molecule has 1 saturated heterocycles. The first kappa shape index (κ1) is 24.5. The molecule has 2 rings (SSSR count). The van der Waals surface area contributed by atoms with Crippen LogP contribution in [0, 0.1) is 0 Å². The van der Waals surface area contributed by atoms with Crippen LogP contribution < -0.4 is 5.32 Å². The molecule has 0 unspecified atom stereocenters. The van der Waals surface area contributed by atoms with E-state index in [0.29, 0.717) is 17.7 Å². The first-order valence-corrected chi connectivity index (χ1v) is 10.6. The number of nitrogens with zero attached hydrogens (tertiary/aromatic N) is 1. The first-order chi connectivity index (χ1) is 14.7. The smallest absolute Gasteiger partial charge is 0.337 e. The zero-order valence-corrected chi connectivity index (χ0v) is 18.4. The predicted octanol–water partition coefficient (Wildman–Crippen LogP) is 0.850. The van der Waals surface area contributed by atoms with Crippen molar-refractivity contribution in [3.63, 3.8) is 0 Å². The van der Waals surface area contributed by atoms with E-state index < -0.39 is 41.4 Å². The standard InChI is InChI=1S/C20H26N2O8S/c1-12(16(24)22-10-4-6-13(22)17(25)26)21-20(18(27)29-2,19(28)30-3)9-8-14(23)15-7-5-11-31-15/h5,7,11-13,21H,4,6,8-10H2,1-3H3,(H,25,26)/t12-,13-/m0/s1. The third-order valence-corrected chi connectivity index (χ3v) is 6.16. The van der Waals surface area contributed by atoms with Crippen LogP contribution in [0.1, 0.15) is 42.3 Å². The maximum atomic E-state index is 12.9. The molecule has 11 heteroatoms. The number of hydrogen-bond acceptors (Lipinski definition) is 9. The SMILES string of the molecule is COC(=O)C(CCC(=O)c1cccs1)(N[C@@H](C)C(=O)N1CCC[C@H]1C(=O)O)C(=O)OC. The molecular weight excluding hydrogens is 428 g/mol. The van der Waals surface area contributed by atoms with Crippen molar-refractivity contribution in [2.75, 3.05) is 20.8 Å². The van der Waals surface area contributed by atoms with Crippen LogP contribution in [0.5, 0.6) is 0 Å². The Bertz CT molecular complexity index is 822. The molecule has 0 bridgehead atoms. The van der Waals surface area contributed by atoms with E-state index in [1.807, 2.05) is 0 Å². The number of amides is 1. The monoisotopic (exact) mass is 454 g/mol. The number of carbonyl (C=O) groups is 5. The summed E-state index contributed by atoms with van der Waals surface area (Å²) in [6.45, 7) is 1.67. The van der Waals surface area contributed by atoms with Gasteiger partial charge < -0.3 is 19.5 Å². The summed E-state index contributed by atoms with van der Waals surface area (Å²) >= 11 is 1.23. The Morgan fingerprint density at radius 3 is 2.42 bits per heavy atom. The van der Waals surface area contributed by atoms with E-state index in [1.54, 1.807) is 17.5 Å². The molecule has 1 fully saturated rings. The number of aliphatic carboxylic acids is 1. The number of ether oxygens (including phenoxy) is 2. The molecule has 2 atom stereocenters. The van der Waals surface area contributed by atoms with E-state index in [1.165, 1.54) is 23.2 Å². The second-order valence-electron chi connectivity index (χ2n) is 7.18. The summed E-state index contributed by atoms with van der Waals surface area (Å²) in [5.41, 5.74) is -2.11. The molecule has 1 aliphatic rings. The van der Waals surface area contributed by atoms with Gasteiger partial charge in [-0.3, -0.25) is 14.9 Å². The molecule has 1 aliphatic heterocycles. The number of carboxylic acid groups (broad SMARTS) is 1. The van der Waals surface area contributed by atoms with Crippen molar-refractivity contribution in [3.05, 3.63) is 22.4 Å².